The summed E-state index contributed by atoms with van der Waals surface area (Å²) in [7, 11) is -4.28. The first-order valence-corrected chi connectivity index (χ1v) is 24.0. The summed E-state index contributed by atoms with van der Waals surface area (Å²) in [6.07, 6.45) is 48.7. The quantitative estimate of drug-likeness (QED) is 0.0272. The predicted molar refractivity (Wildman–Crippen MR) is 229 cm³/mol. The number of hydrogen-bond acceptors (Lipinski definition) is 7. The lowest BCUT2D eigenvalue weighted by atomic mass is 10.1. The molecule has 0 aliphatic rings. The molecule has 0 aliphatic heterocycles. The zero-order valence-electron chi connectivity index (χ0n) is 35.2. The van der Waals surface area contributed by atoms with E-state index in [1.54, 1.807) is 0 Å². The summed E-state index contributed by atoms with van der Waals surface area (Å²) < 4.78 is 33.5. The van der Waals surface area contributed by atoms with Crippen molar-refractivity contribution in [2.45, 2.75) is 213 Å². The lowest BCUT2D eigenvalue weighted by molar-refractivity contribution is -0.154. The van der Waals surface area contributed by atoms with Crippen molar-refractivity contribution in [1.29, 1.82) is 0 Å². The summed E-state index contributed by atoms with van der Waals surface area (Å²) >= 11 is 0. The molecule has 3 N–H and O–H groups in total. The minimum Gasteiger partial charge on any atom is -0.457 e. The molecule has 0 amide bonds. The van der Waals surface area contributed by atoms with Crippen molar-refractivity contribution in [2.75, 3.05) is 33.0 Å². The highest BCUT2D eigenvalue weighted by Crippen LogP contribution is 2.43. The summed E-state index contributed by atoms with van der Waals surface area (Å²) in [6.45, 7) is 4.89. The Kier molecular flexibility index (Phi) is 41.8. The maximum Gasteiger partial charge on any atom is 0.472 e. The van der Waals surface area contributed by atoms with Crippen molar-refractivity contribution in [3.8, 4) is 0 Å². The Morgan fingerprint density at radius 3 is 1.50 bits per heavy atom. The van der Waals surface area contributed by atoms with Crippen LogP contribution in [0.25, 0.3) is 0 Å². The fourth-order valence-electron chi connectivity index (χ4n) is 6.20. The first-order valence-electron chi connectivity index (χ1n) is 22.5. The topological polar surface area (TPSA) is 117 Å². The normalized spacial score (nSPS) is 13.8. The number of rotatable bonds is 43. The molecule has 318 valence electrons. The summed E-state index contributed by atoms with van der Waals surface area (Å²) in [4.78, 5) is 22.5. The van der Waals surface area contributed by atoms with Crippen LogP contribution in [0, 0.1) is 0 Å². The van der Waals surface area contributed by atoms with Gasteiger partial charge < -0.3 is 20.1 Å². The highest BCUT2D eigenvalue weighted by atomic mass is 31.2. The average Bonchev–Trinajstić information content (AvgIpc) is 3.16. The van der Waals surface area contributed by atoms with E-state index in [-0.39, 0.29) is 32.3 Å². The van der Waals surface area contributed by atoms with Crippen LogP contribution in [0.2, 0.25) is 0 Å². The van der Waals surface area contributed by atoms with E-state index in [2.05, 4.69) is 50.3 Å². The number of ether oxygens (including phenoxy) is 2. The van der Waals surface area contributed by atoms with Crippen molar-refractivity contribution < 1.29 is 32.8 Å². The van der Waals surface area contributed by atoms with Crippen molar-refractivity contribution in [3.05, 3.63) is 36.5 Å². The highest BCUT2D eigenvalue weighted by molar-refractivity contribution is 7.47. The molecule has 9 heteroatoms. The van der Waals surface area contributed by atoms with Gasteiger partial charge in [-0.15, -0.1) is 0 Å². The van der Waals surface area contributed by atoms with E-state index in [1.165, 1.54) is 148 Å². The molecule has 2 atom stereocenters. The van der Waals surface area contributed by atoms with E-state index in [9.17, 15) is 14.3 Å². The Balaban J connectivity index is 4.02. The summed E-state index contributed by atoms with van der Waals surface area (Å²) in [6, 6.07) is 0. The van der Waals surface area contributed by atoms with Crippen LogP contribution in [-0.2, 0) is 27.9 Å². The molecule has 0 radical (unpaired) electrons. The zero-order chi connectivity index (χ0) is 39.5. The fourth-order valence-corrected chi connectivity index (χ4v) is 6.96. The molecule has 0 heterocycles. The number of phosphoric ester groups is 1. The molecule has 0 saturated carbocycles. The molecular weight excluding hydrogens is 697 g/mol. The molecule has 8 nitrogen and oxygen atoms in total. The van der Waals surface area contributed by atoms with Gasteiger partial charge in [-0.3, -0.25) is 13.8 Å². The van der Waals surface area contributed by atoms with E-state index in [0.29, 0.717) is 13.0 Å². The summed E-state index contributed by atoms with van der Waals surface area (Å²) in [5, 5.41) is 0. The maximum absolute atomic E-state index is 12.6. The van der Waals surface area contributed by atoms with Gasteiger partial charge in [0.2, 0.25) is 0 Å². The van der Waals surface area contributed by atoms with Crippen LogP contribution in [0.15, 0.2) is 36.5 Å². The Morgan fingerprint density at radius 2 is 0.981 bits per heavy atom. The van der Waals surface area contributed by atoms with Crippen molar-refractivity contribution in [2.24, 2.45) is 5.73 Å². The average molecular weight is 784 g/mol. The number of carbonyl (C=O) groups is 1. The molecule has 0 saturated heterocycles. The van der Waals surface area contributed by atoms with Gasteiger partial charge in [0, 0.05) is 19.6 Å². The molecular formula is C45H86NO7P. The number of carbonyl (C=O) groups excluding carboxylic acids is 1. The third-order valence-corrected chi connectivity index (χ3v) is 10.5. The number of hydrogen-bond donors (Lipinski definition) is 2. The van der Waals surface area contributed by atoms with E-state index in [4.69, 9.17) is 24.3 Å². The summed E-state index contributed by atoms with van der Waals surface area (Å²) in [5.41, 5.74) is 5.37. The monoisotopic (exact) mass is 784 g/mol. The second kappa shape index (κ2) is 42.9. The van der Waals surface area contributed by atoms with Crippen LogP contribution in [-0.4, -0.2) is 49.9 Å². The Labute approximate surface area is 333 Å². The van der Waals surface area contributed by atoms with E-state index in [0.717, 1.165) is 38.5 Å². The first-order chi connectivity index (χ1) is 26.4. The van der Waals surface area contributed by atoms with Crippen LogP contribution in [0.1, 0.15) is 206 Å². The minimum atomic E-state index is -4.28. The van der Waals surface area contributed by atoms with Gasteiger partial charge in [-0.2, -0.15) is 0 Å². The molecule has 0 aromatic heterocycles. The SMILES string of the molecule is CCCCC/C=C\C/C=C\CCCCCCCCCCCC(=O)OC(COCCCCCCCC/C=C\CCCCCCCC)COP(=O)(O)OCCN. The third kappa shape index (κ3) is 41.9. The zero-order valence-corrected chi connectivity index (χ0v) is 36.1. The van der Waals surface area contributed by atoms with Gasteiger partial charge in [0.1, 0.15) is 6.10 Å². The molecule has 0 bridgehead atoms. The highest BCUT2D eigenvalue weighted by Gasteiger charge is 2.25. The number of esters is 1. The largest absolute Gasteiger partial charge is 0.472 e. The Morgan fingerprint density at radius 1 is 0.556 bits per heavy atom. The van der Waals surface area contributed by atoms with E-state index >= 15 is 0 Å². The molecule has 0 aromatic carbocycles. The number of phosphoric acid groups is 1. The van der Waals surface area contributed by atoms with Crippen LogP contribution < -0.4 is 5.73 Å². The molecule has 54 heavy (non-hydrogen) atoms. The molecule has 0 aromatic rings. The Hall–Kier alpha value is -1.28. The predicted octanol–water partition coefficient (Wildman–Crippen LogP) is 13.4. The van der Waals surface area contributed by atoms with Gasteiger partial charge >= 0.3 is 13.8 Å². The maximum atomic E-state index is 12.6. The van der Waals surface area contributed by atoms with Crippen molar-refractivity contribution >= 4 is 13.8 Å². The van der Waals surface area contributed by atoms with Gasteiger partial charge in [0.15, 0.2) is 0 Å². The number of unbranched alkanes of at least 4 members (excludes halogenated alkanes) is 24. The second-order valence-electron chi connectivity index (χ2n) is 14.9. The van der Waals surface area contributed by atoms with Crippen LogP contribution >= 0.6 is 7.82 Å². The third-order valence-electron chi connectivity index (χ3n) is 9.53. The Bertz CT molecular complexity index is 926. The van der Waals surface area contributed by atoms with Gasteiger partial charge in [-0.1, -0.05) is 166 Å². The van der Waals surface area contributed by atoms with E-state index < -0.39 is 13.9 Å². The van der Waals surface area contributed by atoms with Crippen LogP contribution in [0.3, 0.4) is 0 Å². The molecule has 0 aliphatic carbocycles. The lowest BCUT2D eigenvalue weighted by Crippen LogP contribution is -2.28. The van der Waals surface area contributed by atoms with Gasteiger partial charge in [0.05, 0.1) is 19.8 Å². The van der Waals surface area contributed by atoms with Crippen LogP contribution in [0.4, 0.5) is 0 Å². The lowest BCUT2D eigenvalue weighted by Gasteiger charge is -2.20. The van der Waals surface area contributed by atoms with Gasteiger partial charge in [-0.25, -0.2) is 4.57 Å². The fraction of sp³-hybridized carbons (Fsp3) is 0.844. The molecule has 0 rings (SSSR count). The van der Waals surface area contributed by atoms with Crippen molar-refractivity contribution in [3.63, 3.8) is 0 Å². The second-order valence-corrected chi connectivity index (χ2v) is 16.4. The van der Waals surface area contributed by atoms with Crippen LogP contribution in [0.5, 0.6) is 0 Å². The number of allylic oxidation sites excluding steroid dienone is 6. The standard InChI is InChI=1S/C45H86NO7P/c1-3-5-7-9-11-13-15-17-19-21-22-23-24-26-28-30-32-34-36-38-45(47)53-44(43-52-54(48,49)51-41-39-46)42-50-40-37-35-33-31-29-27-25-20-18-16-14-12-10-8-6-4-2/h11,13,17-20,44H,3-10,12,14-16,21-43,46H2,1-2H3,(H,48,49)/b13-11-,19-17-,20-18-. The molecule has 2 unspecified atom stereocenters. The van der Waals surface area contributed by atoms with Gasteiger partial charge in [-0.05, 0) is 70.6 Å². The number of nitrogens with two attached hydrogens (primary N) is 1. The molecule has 0 spiro atoms. The molecule has 0 fully saturated rings. The smallest absolute Gasteiger partial charge is 0.457 e. The minimum absolute atomic E-state index is 0.0974. The summed E-state index contributed by atoms with van der Waals surface area (Å²) in [5.74, 6) is -0.336. The van der Waals surface area contributed by atoms with Crippen molar-refractivity contribution in [1.82, 2.24) is 0 Å². The van der Waals surface area contributed by atoms with E-state index in [1.807, 2.05) is 0 Å². The van der Waals surface area contributed by atoms with Gasteiger partial charge in [0.25, 0.3) is 0 Å². The first kappa shape index (κ1) is 52.7.